The van der Waals surface area contributed by atoms with Crippen LogP contribution in [0.5, 0.6) is 0 Å². The third-order valence-corrected chi connectivity index (χ3v) is 4.77. The van der Waals surface area contributed by atoms with Gasteiger partial charge >= 0.3 is 0 Å². The van der Waals surface area contributed by atoms with E-state index in [1.54, 1.807) is 4.68 Å². The van der Waals surface area contributed by atoms with E-state index in [0.717, 1.165) is 22.1 Å². The van der Waals surface area contributed by atoms with Crippen LogP contribution in [0.2, 0.25) is 0 Å². The fourth-order valence-corrected chi connectivity index (χ4v) is 3.28. The number of hydrogen-bond acceptors (Lipinski definition) is 7. The van der Waals surface area contributed by atoms with Gasteiger partial charge in [-0.15, -0.1) is 20.4 Å². The van der Waals surface area contributed by atoms with Gasteiger partial charge in [0, 0.05) is 12.8 Å². The number of fused-ring (bicyclic) bond motifs is 2. The molecular formula is C18H18N10. The molecule has 5 rings (SSSR count). The second kappa shape index (κ2) is 6.72. The van der Waals surface area contributed by atoms with Crippen LogP contribution < -0.4 is 5.84 Å². The molecule has 10 nitrogen and oxygen atoms in total. The average molecular weight is 374 g/mol. The van der Waals surface area contributed by atoms with Crippen molar-refractivity contribution in [3.8, 4) is 0 Å². The minimum atomic E-state index is 0.614. The predicted octanol–water partition coefficient (Wildman–Crippen LogP) is 0.967. The van der Waals surface area contributed by atoms with Crippen molar-refractivity contribution in [1.29, 1.82) is 0 Å². The van der Waals surface area contributed by atoms with Gasteiger partial charge in [-0.05, 0) is 24.3 Å². The summed E-state index contributed by atoms with van der Waals surface area (Å²) < 4.78 is 5.26. The third kappa shape index (κ3) is 2.84. The summed E-state index contributed by atoms with van der Waals surface area (Å²) in [4.78, 5) is 0. The molecule has 2 aromatic carbocycles. The number of nitrogens with two attached hydrogens (primary N) is 1. The zero-order valence-corrected chi connectivity index (χ0v) is 15.0. The first-order valence-electron chi connectivity index (χ1n) is 9.04. The lowest BCUT2D eigenvalue weighted by molar-refractivity contribution is 0.574. The average Bonchev–Trinajstić information content (AvgIpc) is 3.42. The molecule has 28 heavy (non-hydrogen) atoms. The molecule has 0 amide bonds. The Kier molecular flexibility index (Phi) is 3.93. The van der Waals surface area contributed by atoms with E-state index < -0.39 is 0 Å². The Morgan fingerprint density at radius 3 is 1.61 bits per heavy atom. The summed E-state index contributed by atoms with van der Waals surface area (Å²) in [5.74, 6) is 7.62. The molecule has 0 bridgehead atoms. The van der Waals surface area contributed by atoms with Crippen molar-refractivity contribution in [3.05, 3.63) is 60.2 Å². The van der Waals surface area contributed by atoms with E-state index in [2.05, 4.69) is 30.8 Å². The van der Waals surface area contributed by atoms with Crippen LogP contribution in [0, 0.1) is 0 Å². The lowest BCUT2D eigenvalue weighted by Gasteiger charge is -2.05. The molecule has 0 saturated carbocycles. The van der Waals surface area contributed by atoms with E-state index in [9.17, 15) is 0 Å². The van der Waals surface area contributed by atoms with Gasteiger partial charge in [-0.1, -0.05) is 34.7 Å². The van der Waals surface area contributed by atoms with Crippen molar-refractivity contribution < 1.29 is 0 Å². The molecular weight excluding hydrogens is 356 g/mol. The van der Waals surface area contributed by atoms with Crippen molar-refractivity contribution in [3.63, 3.8) is 0 Å². The number of aromatic nitrogens is 9. The lowest BCUT2D eigenvalue weighted by atomic mass is 10.3. The van der Waals surface area contributed by atoms with E-state index in [1.807, 2.05) is 57.9 Å². The highest BCUT2D eigenvalue weighted by molar-refractivity contribution is 5.74. The zero-order valence-electron chi connectivity index (χ0n) is 15.0. The van der Waals surface area contributed by atoms with E-state index in [-0.39, 0.29) is 0 Å². The van der Waals surface area contributed by atoms with Crippen LogP contribution in [0.1, 0.15) is 11.6 Å². The number of rotatable bonds is 6. The first kappa shape index (κ1) is 16.4. The number of benzene rings is 2. The monoisotopic (exact) mass is 374 g/mol. The first-order chi connectivity index (χ1) is 13.8. The van der Waals surface area contributed by atoms with Gasteiger partial charge in [0.25, 0.3) is 0 Å². The largest absolute Gasteiger partial charge is 0.336 e. The molecule has 0 atom stereocenters. The number of para-hydroxylation sites is 2. The summed E-state index contributed by atoms with van der Waals surface area (Å²) >= 11 is 0. The van der Waals surface area contributed by atoms with Crippen LogP contribution in [0.4, 0.5) is 0 Å². The number of nitrogens with zero attached hydrogens (tertiary/aromatic N) is 9. The molecule has 0 aliphatic heterocycles. The van der Waals surface area contributed by atoms with Crippen LogP contribution in [-0.2, 0) is 25.9 Å². The molecule has 10 heteroatoms. The molecule has 0 unspecified atom stereocenters. The molecule has 0 aliphatic rings. The summed E-state index contributed by atoms with van der Waals surface area (Å²) in [5.41, 5.74) is 3.72. The quantitative estimate of drug-likeness (QED) is 0.440. The fraction of sp³-hybridized carbons (Fsp3) is 0.222. The Hall–Kier alpha value is -3.82. The second-order valence-electron chi connectivity index (χ2n) is 6.51. The highest BCUT2D eigenvalue weighted by atomic mass is 15.4. The first-order valence-corrected chi connectivity index (χ1v) is 9.04. The SMILES string of the molecule is Nn1c(CCn2nnc3ccccc32)nnc1CCn1nnc2ccccc21. The van der Waals surface area contributed by atoms with Gasteiger partial charge in [0.05, 0.1) is 24.1 Å². The van der Waals surface area contributed by atoms with Crippen LogP contribution in [0.25, 0.3) is 22.1 Å². The van der Waals surface area contributed by atoms with E-state index >= 15 is 0 Å². The third-order valence-electron chi connectivity index (χ3n) is 4.77. The van der Waals surface area contributed by atoms with Crippen LogP contribution >= 0.6 is 0 Å². The van der Waals surface area contributed by atoms with Crippen LogP contribution in [-0.4, -0.2) is 44.9 Å². The molecule has 3 heterocycles. The van der Waals surface area contributed by atoms with Gasteiger partial charge in [0.2, 0.25) is 0 Å². The van der Waals surface area contributed by atoms with Gasteiger partial charge in [-0.3, -0.25) is 0 Å². The van der Waals surface area contributed by atoms with Gasteiger partial charge in [0.1, 0.15) is 11.0 Å². The zero-order chi connectivity index (χ0) is 18.9. The maximum atomic E-state index is 6.21. The number of aryl methyl sites for hydroxylation is 4. The van der Waals surface area contributed by atoms with Crippen LogP contribution in [0.15, 0.2) is 48.5 Å². The summed E-state index contributed by atoms with van der Waals surface area (Å²) in [6.45, 7) is 1.26. The number of nitrogen functional groups attached to an aromatic ring is 1. The molecule has 140 valence electrons. The lowest BCUT2D eigenvalue weighted by Crippen LogP contribution is -2.19. The minimum Gasteiger partial charge on any atom is -0.336 e. The minimum absolute atomic E-state index is 0.614. The smallest absolute Gasteiger partial charge is 0.153 e. The fourth-order valence-electron chi connectivity index (χ4n) is 3.28. The van der Waals surface area contributed by atoms with Crippen molar-refractivity contribution in [1.82, 2.24) is 44.9 Å². The molecule has 0 fully saturated rings. The van der Waals surface area contributed by atoms with Crippen molar-refractivity contribution in [2.45, 2.75) is 25.9 Å². The summed E-state index contributed by atoms with van der Waals surface area (Å²) in [6, 6.07) is 15.7. The Morgan fingerprint density at radius 2 is 1.11 bits per heavy atom. The molecule has 0 saturated heterocycles. The van der Waals surface area contributed by atoms with Gasteiger partial charge in [0.15, 0.2) is 11.6 Å². The normalized spacial score (nSPS) is 11.6. The van der Waals surface area contributed by atoms with Crippen LogP contribution in [0.3, 0.4) is 0 Å². The number of hydrogen-bond donors (Lipinski definition) is 1. The Morgan fingerprint density at radius 1 is 0.643 bits per heavy atom. The molecule has 3 aromatic heterocycles. The summed E-state index contributed by atoms with van der Waals surface area (Å²) in [6.07, 6.45) is 1.23. The Labute approximate surface area is 159 Å². The highest BCUT2D eigenvalue weighted by Gasteiger charge is 2.12. The Bertz CT molecular complexity index is 1150. The predicted molar refractivity (Wildman–Crippen MR) is 103 cm³/mol. The Balaban J connectivity index is 1.28. The topological polar surface area (TPSA) is 118 Å². The maximum absolute atomic E-state index is 6.21. The van der Waals surface area contributed by atoms with E-state index in [0.29, 0.717) is 37.6 Å². The van der Waals surface area contributed by atoms with Gasteiger partial charge in [-0.25, -0.2) is 14.0 Å². The molecule has 5 aromatic rings. The summed E-state index contributed by atoms with van der Waals surface area (Å²) in [5, 5.41) is 25.2. The maximum Gasteiger partial charge on any atom is 0.153 e. The highest BCUT2D eigenvalue weighted by Crippen LogP contribution is 2.12. The van der Waals surface area contributed by atoms with Crippen molar-refractivity contribution in [2.75, 3.05) is 5.84 Å². The molecule has 0 aliphatic carbocycles. The molecule has 0 radical (unpaired) electrons. The standard InChI is InChI=1S/C18H18N10/c19-28-17(9-11-26-15-7-3-1-5-13(15)20-24-26)22-23-18(28)10-12-27-16-8-4-2-6-14(16)21-25-27/h1-8H,9-12,19H2. The van der Waals surface area contributed by atoms with Crippen molar-refractivity contribution >= 4 is 22.1 Å². The molecule has 2 N–H and O–H groups in total. The van der Waals surface area contributed by atoms with E-state index in [4.69, 9.17) is 5.84 Å². The summed E-state index contributed by atoms with van der Waals surface area (Å²) in [7, 11) is 0. The van der Waals surface area contributed by atoms with Gasteiger partial charge < -0.3 is 5.84 Å². The van der Waals surface area contributed by atoms with Gasteiger partial charge in [-0.2, -0.15) is 0 Å². The molecule has 0 spiro atoms. The second-order valence-corrected chi connectivity index (χ2v) is 6.51. The van der Waals surface area contributed by atoms with E-state index in [1.165, 1.54) is 0 Å². The van der Waals surface area contributed by atoms with Crippen molar-refractivity contribution in [2.24, 2.45) is 0 Å².